The lowest BCUT2D eigenvalue weighted by atomic mass is 9.88. The summed E-state index contributed by atoms with van der Waals surface area (Å²) in [5.74, 6) is -3.65. The van der Waals surface area contributed by atoms with Crippen molar-refractivity contribution in [2.45, 2.75) is 96.6 Å². The summed E-state index contributed by atoms with van der Waals surface area (Å²) in [6.45, 7) is 7.88. The minimum atomic E-state index is -1.82. The van der Waals surface area contributed by atoms with Gasteiger partial charge in [0.2, 0.25) is 5.91 Å². The topological polar surface area (TPSA) is 142 Å². The Bertz CT molecular complexity index is 992. The first-order valence-corrected chi connectivity index (χ1v) is 15.0. The van der Waals surface area contributed by atoms with Gasteiger partial charge in [-0.25, -0.2) is 9.59 Å². The molecule has 0 saturated heterocycles. The van der Waals surface area contributed by atoms with Gasteiger partial charge in [0.25, 0.3) is 5.91 Å². The average molecular weight is 571 g/mol. The first kappa shape index (κ1) is 33.8. The lowest BCUT2D eigenvalue weighted by Crippen LogP contribution is -2.53. The van der Waals surface area contributed by atoms with Crippen molar-refractivity contribution in [1.82, 2.24) is 14.7 Å². The molecular formula is C31H46N4O6. The third kappa shape index (κ3) is 11.2. The van der Waals surface area contributed by atoms with E-state index >= 15 is 0 Å². The quantitative estimate of drug-likeness (QED) is 0.373. The second kappa shape index (κ2) is 18.1. The van der Waals surface area contributed by atoms with Gasteiger partial charge in [0.1, 0.15) is 6.54 Å². The number of benzene rings is 1. The Morgan fingerprint density at radius 3 is 1.71 bits per heavy atom. The predicted molar refractivity (Wildman–Crippen MR) is 155 cm³/mol. The first-order valence-electron chi connectivity index (χ1n) is 15.0. The minimum Gasteiger partial charge on any atom is -0.473 e. The van der Waals surface area contributed by atoms with E-state index < -0.39 is 11.9 Å². The summed E-state index contributed by atoms with van der Waals surface area (Å²) < 4.78 is 0. The van der Waals surface area contributed by atoms with Gasteiger partial charge in [0.15, 0.2) is 0 Å². The molecule has 2 aliphatic rings. The number of nitrogens with zero attached hydrogens (tertiary/aromatic N) is 4. The number of hydrogen-bond donors (Lipinski definition) is 2. The van der Waals surface area contributed by atoms with Crippen LogP contribution in [0, 0.1) is 11.3 Å². The van der Waals surface area contributed by atoms with Crippen LogP contribution in [-0.4, -0.2) is 93.5 Å². The molecule has 0 heterocycles. The van der Waals surface area contributed by atoms with Crippen molar-refractivity contribution in [3.63, 3.8) is 0 Å². The summed E-state index contributed by atoms with van der Waals surface area (Å²) in [6, 6.07) is 9.54. The number of rotatable bonds is 11. The Balaban J connectivity index is 0.000000883. The maximum Gasteiger partial charge on any atom is 0.414 e. The molecule has 0 bridgehead atoms. The molecular weight excluding hydrogens is 524 g/mol. The van der Waals surface area contributed by atoms with E-state index in [4.69, 9.17) is 25.1 Å². The van der Waals surface area contributed by atoms with Crippen molar-refractivity contribution in [2.75, 3.05) is 32.7 Å². The molecule has 226 valence electrons. The van der Waals surface area contributed by atoms with Crippen LogP contribution in [-0.2, 0) is 14.4 Å². The largest absolute Gasteiger partial charge is 0.473 e. The molecule has 0 radical (unpaired) electrons. The van der Waals surface area contributed by atoms with E-state index in [1.54, 1.807) is 29.2 Å². The molecule has 3 rings (SSSR count). The SMILES string of the molecule is CCN(CC)CCCN(CC(=O)N(C1CCCCC1)C1CCCCC1)C(=O)c1ccc(C#N)cc1.O=C(O)C(=O)O. The molecule has 0 atom stereocenters. The fourth-order valence-electron chi connectivity index (χ4n) is 5.82. The van der Waals surface area contributed by atoms with Crippen molar-refractivity contribution in [2.24, 2.45) is 0 Å². The van der Waals surface area contributed by atoms with Gasteiger partial charge in [-0.2, -0.15) is 5.26 Å². The van der Waals surface area contributed by atoms with Gasteiger partial charge in [0, 0.05) is 24.2 Å². The first-order chi connectivity index (χ1) is 19.7. The molecule has 1 aromatic rings. The van der Waals surface area contributed by atoms with E-state index in [0.29, 0.717) is 29.8 Å². The zero-order valence-corrected chi connectivity index (χ0v) is 24.6. The lowest BCUT2D eigenvalue weighted by molar-refractivity contribution is -0.159. The number of hydrogen-bond acceptors (Lipinski definition) is 6. The van der Waals surface area contributed by atoms with Crippen LogP contribution in [0.15, 0.2) is 24.3 Å². The molecule has 41 heavy (non-hydrogen) atoms. The molecule has 0 aromatic heterocycles. The van der Waals surface area contributed by atoms with Crippen molar-refractivity contribution in [1.29, 1.82) is 5.26 Å². The summed E-state index contributed by atoms with van der Waals surface area (Å²) in [4.78, 5) is 51.9. The van der Waals surface area contributed by atoms with Crippen LogP contribution in [0.3, 0.4) is 0 Å². The van der Waals surface area contributed by atoms with Gasteiger partial charge < -0.3 is 24.9 Å². The van der Waals surface area contributed by atoms with Crippen molar-refractivity contribution >= 4 is 23.8 Å². The monoisotopic (exact) mass is 570 g/mol. The number of carbonyl (C=O) groups excluding carboxylic acids is 2. The van der Waals surface area contributed by atoms with E-state index in [1.165, 1.54) is 38.5 Å². The summed E-state index contributed by atoms with van der Waals surface area (Å²) >= 11 is 0. The van der Waals surface area contributed by atoms with Gasteiger partial charge in [-0.1, -0.05) is 52.4 Å². The fraction of sp³-hybridized carbons (Fsp3) is 0.645. The number of amides is 2. The van der Waals surface area contributed by atoms with Crippen molar-refractivity contribution in [3.05, 3.63) is 35.4 Å². The van der Waals surface area contributed by atoms with Crippen LogP contribution in [0.2, 0.25) is 0 Å². The summed E-state index contributed by atoms with van der Waals surface area (Å²) in [5, 5.41) is 23.9. The second-order valence-electron chi connectivity index (χ2n) is 10.8. The highest BCUT2D eigenvalue weighted by Crippen LogP contribution is 2.30. The maximum atomic E-state index is 13.9. The van der Waals surface area contributed by atoms with Crippen LogP contribution >= 0.6 is 0 Å². The molecule has 10 heteroatoms. The molecule has 0 aliphatic heterocycles. The molecule has 0 spiro atoms. The number of carboxylic acids is 2. The van der Waals surface area contributed by atoms with E-state index in [1.807, 2.05) is 0 Å². The van der Waals surface area contributed by atoms with E-state index in [-0.39, 0.29) is 18.4 Å². The number of carbonyl (C=O) groups is 4. The molecule has 2 amide bonds. The average Bonchev–Trinajstić information content (AvgIpc) is 3.00. The van der Waals surface area contributed by atoms with Gasteiger partial charge >= 0.3 is 11.9 Å². The molecule has 2 N–H and O–H groups in total. The lowest BCUT2D eigenvalue weighted by Gasteiger charge is -2.42. The summed E-state index contributed by atoms with van der Waals surface area (Å²) in [5.41, 5.74) is 1.08. The smallest absolute Gasteiger partial charge is 0.414 e. The Hall–Kier alpha value is -3.45. The summed E-state index contributed by atoms with van der Waals surface area (Å²) in [7, 11) is 0. The Labute approximate surface area is 243 Å². The molecule has 2 saturated carbocycles. The predicted octanol–water partition coefficient (Wildman–Crippen LogP) is 4.38. The Morgan fingerprint density at radius 1 is 0.805 bits per heavy atom. The maximum absolute atomic E-state index is 13.9. The molecule has 1 aromatic carbocycles. The zero-order chi connectivity index (χ0) is 30.2. The van der Waals surface area contributed by atoms with Crippen molar-refractivity contribution in [3.8, 4) is 6.07 Å². The Kier molecular flexibility index (Phi) is 14.9. The van der Waals surface area contributed by atoms with Crippen LogP contribution < -0.4 is 0 Å². The van der Waals surface area contributed by atoms with Gasteiger partial charge in [0.05, 0.1) is 11.6 Å². The minimum absolute atomic E-state index is 0.116. The third-order valence-electron chi connectivity index (χ3n) is 8.08. The second-order valence-corrected chi connectivity index (χ2v) is 10.8. The van der Waals surface area contributed by atoms with Crippen LogP contribution in [0.4, 0.5) is 0 Å². The fourth-order valence-corrected chi connectivity index (χ4v) is 5.82. The molecule has 2 aliphatic carbocycles. The Morgan fingerprint density at radius 2 is 1.29 bits per heavy atom. The highest BCUT2D eigenvalue weighted by molar-refractivity contribution is 6.27. The highest BCUT2D eigenvalue weighted by Gasteiger charge is 2.33. The normalized spacial score (nSPS) is 15.8. The number of carboxylic acid groups (broad SMARTS) is 2. The van der Waals surface area contributed by atoms with Crippen LogP contribution in [0.1, 0.15) is 100 Å². The zero-order valence-electron chi connectivity index (χ0n) is 24.6. The molecule has 10 nitrogen and oxygen atoms in total. The van der Waals surface area contributed by atoms with Gasteiger partial charge in [-0.15, -0.1) is 0 Å². The van der Waals surface area contributed by atoms with Gasteiger partial charge in [-0.05, 0) is 76.0 Å². The standard InChI is InChI=1S/C29H44N4O2.C2H2O4/c1-3-31(4-2)20-11-21-32(29(35)25-18-16-24(22-30)17-19-25)23-28(34)33(26-12-7-5-8-13-26)27-14-9-6-10-15-27;3-1(4)2(5)6/h16-19,26-27H,3-15,20-21,23H2,1-2H3;(H,3,4)(H,5,6). The van der Waals surface area contributed by atoms with E-state index in [0.717, 1.165) is 51.7 Å². The molecule has 0 unspecified atom stereocenters. The summed E-state index contributed by atoms with van der Waals surface area (Å²) in [6.07, 6.45) is 12.5. The van der Waals surface area contributed by atoms with E-state index in [9.17, 15) is 9.59 Å². The van der Waals surface area contributed by atoms with Crippen LogP contribution in [0.5, 0.6) is 0 Å². The number of nitriles is 1. The van der Waals surface area contributed by atoms with Gasteiger partial charge in [-0.3, -0.25) is 9.59 Å². The molecule has 2 fully saturated rings. The number of aliphatic carboxylic acids is 2. The third-order valence-corrected chi connectivity index (χ3v) is 8.08. The van der Waals surface area contributed by atoms with E-state index in [2.05, 4.69) is 29.7 Å². The van der Waals surface area contributed by atoms with Crippen LogP contribution in [0.25, 0.3) is 0 Å². The van der Waals surface area contributed by atoms with Crippen molar-refractivity contribution < 1.29 is 29.4 Å². The highest BCUT2D eigenvalue weighted by atomic mass is 16.4.